The molecule has 10 nitrogen and oxygen atoms in total. The minimum atomic E-state index is -0.376. The average molecular weight is 1020 g/mol. The van der Waals surface area contributed by atoms with Crippen molar-refractivity contribution in [1.29, 1.82) is 0 Å². The van der Waals surface area contributed by atoms with Crippen molar-refractivity contribution in [1.82, 2.24) is 0 Å². The molecule has 0 radical (unpaired) electrons. The minimum absolute atomic E-state index is 0.127. The van der Waals surface area contributed by atoms with Crippen LogP contribution in [0.3, 0.4) is 0 Å². The van der Waals surface area contributed by atoms with Crippen molar-refractivity contribution in [2.24, 2.45) is 0 Å². The third kappa shape index (κ3) is 57.5. The second-order valence-electron chi connectivity index (χ2n) is 20.2. The third-order valence-electron chi connectivity index (χ3n) is 13.4. The average Bonchev–Trinajstić information content (AvgIpc) is 3.38. The maximum absolute atomic E-state index is 13.3. The highest BCUT2D eigenvalue weighted by Gasteiger charge is 2.26. The van der Waals surface area contributed by atoms with Gasteiger partial charge in [0.25, 0.3) is 6.47 Å². The van der Waals surface area contributed by atoms with Crippen LogP contribution in [0.25, 0.3) is 0 Å². The lowest BCUT2D eigenvalue weighted by atomic mass is 10.0. The maximum atomic E-state index is 13.3. The summed E-state index contributed by atoms with van der Waals surface area (Å²) in [4.78, 5) is 23.5. The zero-order valence-electron chi connectivity index (χ0n) is 47.7. The zero-order chi connectivity index (χ0) is 52.0. The summed E-state index contributed by atoms with van der Waals surface area (Å²) in [5.41, 5.74) is 0. The van der Waals surface area contributed by atoms with Crippen LogP contribution in [0.4, 0.5) is 0 Å². The summed E-state index contributed by atoms with van der Waals surface area (Å²) in [5, 5.41) is 0. The quantitative estimate of drug-likeness (QED) is 0.0253. The van der Waals surface area contributed by atoms with E-state index >= 15 is 0 Å². The Kier molecular flexibility index (Phi) is 61.9. The van der Waals surface area contributed by atoms with Crippen LogP contribution in [-0.4, -0.2) is 104 Å². The van der Waals surface area contributed by atoms with Crippen molar-refractivity contribution in [2.45, 2.75) is 283 Å². The summed E-state index contributed by atoms with van der Waals surface area (Å²) in [6, 6.07) is 0. The number of esters is 1. The highest BCUT2D eigenvalue weighted by atomic mass is 16.6. The van der Waals surface area contributed by atoms with Crippen LogP contribution in [0.2, 0.25) is 0 Å². The summed E-state index contributed by atoms with van der Waals surface area (Å²) >= 11 is 0. The Bertz CT molecular complexity index is 1100. The molecule has 0 aromatic heterocycles. The highest BCUT2D eigenvalue weighted by Crippen LogP contribution is 2.19. The summed E-state index contributed by atoms with van der Waals surface area (Å²) in [6.45, 7) is 11.8. The largest absolute Gasteiger partial charge is 0.465 e. The van der Waals surface area contributed by atoms with E-state index in [2.05, 4.69) is 49.8 Å². The summed E-state index contributed by atoms with van der Waals surface area (Å²) < 4.78 is 45.9. The van der Waals surface area contributed by atoms with Crippen molar-refractivity contribution < 1.29 is 47.5 Å². The van der Waals surface area contributed by atoms with Crippen LogP contribution in [-0.2, 0) is 47.5 Å². The first-order chi connectivity index (χ1) is 35.7. The van der Waals surface area contributed by atoms with E-state index in [1.807, 2.05) is 0 Å². The first kappa shape index (κ1) is 70.2. The van der Waals surface area contributed by atoms with E-state index in [9.17, 15) is 9.59 Å². The van der Waals surface area contributed by atoms with Crippen LogP contribution < -0.4 is 0 Å². The van der Waals surface area contributed by atoms with Crippen LogP contribution in [0, 0.1) is 0 Å². The molecule has 0 aromatic carbocycles. The summed E-state index contributed by atoms with van der Waals surface area (Å²) in [7, 11) is 0. The fourth-order valence-corrected chi connectivity index (χ4v) is 8.83. The van der Waals surface area contributed by atoms with Crippen LogP contribution in [0.15, 0.2) is 24.3 Å². The molecule has 2 atom stereocenters. The second kappa shape index (κ2) is 63.5. The molecule has 0 heterocycles. The van der Waals surface area contributed by atoms with Crippen molar-refractivity contribution in [2.75, 3.05) is 79.3 Å². The molecule has 426 valence electrons. The Morgan fingerprint density at radius 2 is 0.694 bits per heavy atom. The fraction of sp³-hybridized carbons (Fsp3) is 0.903. The minimum Gasteiger partial charge on any atom is -0.465 e. The van der Waals surface area contributed by atoms with E-state index in [4.69, 9.17) is 33.2 Å². The van der Waals surface area contributed by atoms with Crippen molar-refractivity contribution in [3.05, 3.63) is 24.3 Å². The predicted octanol–water partition coefficient (Wildman–Crippen LogP) is 16.9. The fourth-order valence-electron chi connectivity index (χ4n) is 8.83. The van der Waals surface area contributed by atoms with E-state index in [1.165, 1.54) is 212 Å². The molecule has 0 aliphatic heterocycles. The Balaban J connectivity index is 5.00. The van der Waals surface area contributed by atoms with Gasteiger partial charge in [0.2, 0.25) is 0 Å². The van der Waals surface area contributed by atoms with Crippen molar-refractivity contribution in [3.8, 4) is 0 Å². The topological polar surface area (TPSA) is 108 Å². The number of allylic oxidation sites excluding steroid dienone is 4. The van der Waals surface area contributed by atoms with Crippen molar-refractivity contribution >= 4 is 12.4 Å². The van der Waals surface area contributed by atoms with Gasteiger partial charge in [-0.25, -0.2) is 4.79 Å². The number of carbonyl (C=O) groups is 2. The van der Waals surface area contributed by atoms with Gasteiger partial charge in [0.05, 0.1) is 52.9 Å². The number of carbonyl (C=O) groups excluding carboxylic acids is 2. The lowest BCUT2D eigenvalue weighted by molar-refractivity contribution is -0.167. The van der Waals surface area contributed by atoms with E-state index < -0.39 is 0 Å². The molecule has 0 aromatic rings. The molecular formula is C62H118O10. The molecule has 0 fully saturated rings. The Hall–Kier alpha value is -1.82. The molecule has 0 amide bonds. The lowest BCUT2D eigenvalue weighted by Crippen LogP contribution is -2.38. The molecule has 0 bridgehead atoms. The highest BCUT2D eigenvalue weighted by molar-refractivity contribution is 5.70. The molecule has 0 N–H and O–H groups in total. The van der Waals surface area contributed by atoms with Gasteiger partial charge >= 0.3 is 5.97 Å². The van der Waals surface area contributed by atoms with Gasteiger partial charge in [-0.3, -0.25) is 4.79 Å². The first-order valence-corrected chi connectivity index (χ1v) is 30.7. The van der Waals surface area contributed by atoms with Gasteiger partial charge in [0.1, 0.15) is 25.4 Å². The zero-order valence-corrected chi connectivity index (χ0v) is 47.7. The van der Waals surface area contributed by atoms with Crippen LogP contribution >= 0.6 is 0 Å². The third-order valence-corrected chi connectivity index (χ3v) is 13.4. The van der Waals surface area contributed by atoms with Crippen LogP contribution in [0.1, 0.15) is 271 Å². The van der Waals surface area contributed by atoms with E-state index in [0.29, 0.717) is 65.9 Å². The standard InChI is InChI=1S/C62H118O10/c1-4-7-10-13-16-19-22-24-26-28-30-32-35-38-41-44-47-68-57-61(71-48-45-42-39-36-33-31-29-27-25-23-20-17-14-11-8-5-2)60(46-43-40-37-34-21-18-15-12-9-6-3)72-62(64)58-69-55-53-66-51-49-65-50-52-67-54-56-70-59-63/h24-27,59-61H,4-23,28-58H2,1-3H3/b26-24-,27-25-. The Labute approximate surface area is 445 Å². The molecule has 0 aliphatic carbocycles. The van der Waals surface area contributed by atoms with Gasteiger partial charge in [0, 0.05) is 13.2 Å². The Morgan fingerprint density at radius 1 is 0.347 bits per heavy atom. The van der Waals surface area contributed by atoms with Gasteiger partial charge in [-0.2, -0.15) is 0 Å². The predicted molar refractivity (Wildman–Crippen MR) is 301 cm³/mol. The van der Waals surface area contributed by atoms with Crippen LogP contribution in [0.5, 0.6) is 0 Å². The number of ether oxygens (including phenoxy) is 8. The molecule has 0 saturated heterocycles. The summed E-state index contributed by atoms with van der Waals surface area (Å²) in [5.74, 6) is -0.367. The molecular weight excluding hydrogens is 905 g/mol. The molecule has 72 heavy (non-hydrogen) atoms. The number of unbranched alkanes of at least 4 members (excludes halogenated alkanes) is 33. The maximum Gasteiger partial charge on any atom is 0.332 e. The molecule has 0 spiro atoms. The second-order valence-corrected chi connectivity index (χ2v) is 20.2. The number of rotatable bonds is 63. The number of hydrogen-bond donors (Lipinski definition) is 0. The normalized spacial score (nSPS) is 12.7. The molecule has 0 aliphatic rings. The van der Waals surface area contributed by atoms with E-state index in [0.717, 1.165) is 38.5 Å². The SMILES string of the molecule is CCCCCCCC/C=C\CCCCCCCCOCC(OCCCCCCCC/C=C\CCCCCCCC)C(CCCCCCCCCCCC)OC(=O)COCCOCCOCCOCCOC=O. The van der Waals surface area contributed by atoms with Gasteiger partial charge < -0.3 is 37.9 Å². The molecule has 0 rings (SSSR count). The Morgan fingerprint density at radius 3 is 1.11 bits per heavy atom. The van der Waals surface area contributed by atoms with Gasteiger partial charge in [-0.05, 0) is 77.0 Å². The number of hydrogen-bond acceptors (Lipinski definition) is 10. The molecule has 2 unspecified atom stereocenters. The van der Waals surface area contributed by atoms with Gasteiger partial charge in [-0.1, -0.05) is 218 Å². The van der Waals surface area contributed by atoms with E-state index in [-0.39, 0.29) is 38.0 Å². The molecule has 10 heteroatoms. The van der Waals surface area contributed by atoms with Gasteiger partial charge in [0.15, 0.2) is 0 Å². The monoisotopic (exact) mass is 1020 g/mol. The smallest absolute Gasteiger partial charge is 0.332 e. The summed E-state index contributed by atoms with van der Waals surface area (Å²) in [6.07, 6.45) is 58.1. The van der Waals surface area contributed by atoms with E-state index in [1.54, 1.807) is 0 Å². The van der Waals surface area contributed by atoms with Crippen molar-refractivity contribution in [3.63, 3.8) is 0 Å². The van der Waals surface area contributed by atoms with Gasteiger partial charge in [-0.15, -0.1) is 0 Å². The lowest BCUT2D eigenvalue weighted by Gasteiger charge is -2.27. The first-order valence-electron chi connectivity index (χ1n) is 30.7. The molecule has 0 saturated carbocycles.